The van der Waals surface area contributed by atoms with E-state index < -0.39 is 11.0 Å². The Bertz CT molecular complexity index is 670. The summed E-state index contributed by atoms with van der Waals surface area (Å²) >= 11 is 0. The third kappa shape index (κ3) is 3.44. The molecule has 1 atom stereocenters. The van der Waals surface area contributed by atoms with E-state index in [4.69, 9.17) is 4.74 Å². The normalized spacial score (nSPS) is 19.4. The summed E-state index contributed by atoms with van der Waals surface area (Å²) in [6, 6.07) is 5.71. The number of aliphatic imine (C=N–C) groups is 2. The van der Waals surface area contributed by atoms with Gasteiger partial charge in [-0.1, -0.05) is 0 Å². The fourth-order valence-corrected chi connectivity index (χ4v) is 2.30. The van der Waals surface area contributed by atoms with E-state index in [0.29, 0.717) is 12.1 Å². The van der Waals surface area contributed by atoms with Gasteiger partial charge in [0.15, 0.2) is 0 Å². The second-order valence-electron chi connectivity index (χ2n) is 5.10. The molecule has 0 bridgehead atoms. The highest BCUT2D eigenvalue weighted by Gasteiger charge is 2.28. The molecule has 23 heavy (non-hydrogen) atoms. The van der Waals surface area contributed by atoms with Crippen LogP contribution in [-0.4, -0.2) is 53.8 Å². The van der Waals surface area contributed by atoms with Gasteiger partial charge in [-0.15, -0.1) is 0 Å². The predicted molar refractivity (Wildman–Crippen MR) is 82.6 cm³/mol. The number of nitro benzene ring substituents is 1. The minimum Gasteiger partial charge on any atom is -0.444 e. The number of nitrogens with one attached hydrogen (secondary N) is 1. The lowest BCUT2D eigenvalue weighted by Crippen LogP contribution is -2.37. The van der Waals surface area contributed by atoms with Gasteiger partial charge in [0.1, 0.15) is 18.5 Å². The van der Waals surface area contributed by atoms with Crippen LogP contribution in [0.2, 0.25) is 0 Å². The first-order valence-electron chi connectivity index (χ1n) is 7.12. The highest BCUT2D eigenvalue weighted by atomic mass is 16.6. The lowest BCUT2D eigenvalue weighted by atomic mass is 10.2. The highest BCUT2D eigenvalue weighted by Crippen LogP contribution is 2.14. The number of carbonyl (C=O) groups excluding carboxylic acids is 1. The molecule has 2 aliphatic heterocycles. The standard InChI is InChI=1S/C14H15N5O4/c20-14(18-7-12(17-9-18)13-15-5-6-16-13)23-8-10-1-3-11(4-2-10)19(21)22/h1-4,9,12H,5-8H2,(H,15,16). The second kappa shape index (κ2) is 6.42. The number of carbonyl (C=O) groups is 1. The van der Waals surface area contributed by atoms with Gasteiger partial charge in [-0.05, 0) is 17.7 Å². The molecule has 1 aromatic carbocycles. The fourth-order valence-electron chi connectivity index (χ4n) is 2.30. The number of ether oxygens (including phenoxy) is 1. The number of hydrogen-bond donors (Lipinski definition) is 1. The van der Waals surface area contributed by atoms with Crippen LogP contribution in [0.1, 0.15) is 5.56 Å². The quantitative estimate of drug-likeness (QED) is 0.656. The minimum atomic E-state index is -0.506. The number of nitro groups is 1. The maximum absolute atomic E-state index is 12.0. The van der Waals surface area contributed by atoms with E-state index >= 15 is 0 Å². The molecule has 2 aliphatic rings. The van der Waals surface area contributed by atoms with E-state index in [9.17, 15) is 14.9 Å². The zero-order valence-electron chi connectivity index (χ0n) is 12.2. The Labute approximate surface area is 131 Å². The zero-order chi connectivity index (χ0) is 16.2. The molecule has 9 nitrogen and oxygen atoms in total. The van der Waals surface area contributed by atoms with Gasteiger partial charge in [0.2, 0.25) is 0 Å². The van der Waals surface area contributed by atoms with Gasteiger partial charge < -0.3 is 10.1 Å². The van der Waals surface area contributed by atoms with Crippen LogP contribution < -0.4 is 5.32 Å². The first-order chi connectivity index (χ1) is 11.1. The first-order valence-corrected chi connectivity index (χ1v) is 7.12. The van der Waals surface area contributed by atoms with E-state index in [1.165, 1.54) is 23.4 Å². The number of hydrogen-bond acceptors (Lipinski definition) is 7. The average Bonchev–Trinajstić information content (AvgIpc) is 3.23. The molecule has 3 rings (SSSR count). The molecule has 1 aromatic rings. The van der Waals surface area contributed by atoms with Crippen molar-refractivity contribution in [2.45, 2.75) is 12.6 Å². The number of nitrogens with zero attached hydrogens (tertiary/aromatic N) is 4. The molecular weight excluding hydrogens is 302 g/mol. The smallest absolute Gasteiger partial charge is 0.415 e. The predicted octanol–water partition coefficient (Wildman–Crippen LogP) is 0.946. The van der Waals surface area contributed by atoms with Crippen LogP contribution >= 0.6 is 0 Å². The molecule has 1 N–H and O–H groups in total. The van der Waals surface area contributed by atoms with Crippen molar-refractivity contribution >= 4 is 24.0 Å². The zero-order valence-corrected chi connectivity index (χ0v) is 12.2. The summed E-state index contributed by atoms with van der Waals surface area (Å²) in [6.07, 6.45) is 0.943. The van der Waals surface area contributed by atoms with Crippen LogP contribution in [0.5, 0.6) is 0 Å². The topological polar surface area (TPSA) is 109 Å². The monoisotopic (exact) mass is 317 g/mol. The lowest BCUT2D eigenvalue weighted by molar-refractivity contribution is -0.384. The fraction of sp³-hybridized carbons (Fsp3) is 0.357. The maximum Gasteiger partial charge on any atom is 0.415 e. The van der Waals surface area contributed by atoms with Gasteiger partial charge in [0.05, 0.1) is 24.4 Å². The van der Waals surface area contributed by atoms with E-state index in [1.807, 2.05) is 0 Å². The third-order valence-corrected chi connectivity index (χ3v) is 3.52. The van der Waals surface area contributed by atoms with Crippen molar-refractivity contribution in [1.82, 2.24) is 10.2 Å². The van der Waals surface area contributed by atoms with Crippen LogP contribution in [0.25, 0.3) is 0 Å². The molecule has 0 aliphatic carbocycles. The van der Waals surface area contributed by atoms with Gasteiger partial charge in [0, 0.05) is 18.7 Å². The van der Waals surface area contributed by atoms with E-state index in [0.717, 1.165) is 18.9 Å². The summed E-state index contributed by atoms with van der Waals surface area (Å²) in [6.45, 7) is 1.97. The average molecular weight is 317 g/mol. The Balaban J connectivity index is 1.50. The molecule has 0 aromatic heterocycles. The van der Waals surface area contributed by atoms with Crippen LogP contribution in [0, 0.1) is 10.1 Å². The van der Waals surface area contributed by atoms with Crippen LogP contribution in [0.4, 0.5) is 10.5 Å². The molecule has 0 spiro atoms. The number of benzene rings is 1. The van der Waals surface area contributed by atoms with Gasteiger partial charge >= 0.3 is 6.09 Å². The summed E-state index contributed by atoms with van der Waals surface area (Å²) < 4.78 is 5.19. The van der Waals surface area contributed by atoms with Gasteiger partial charge in [0.25, 0.3) is 5.69 Å². The van der Waals surface area contributed by atoms with E-state index in [2.05, 4.69) is 15.3 Å². The molecule has 0 radical (unpaired) electrons. The number of non-ortho nitro benzene ring substituents is 1. The molecule has 0 fully saturated rings. The van der Waals surface area contributed by atoms with Gasteiger partial charge in [-0.2, -0.15) is 0 Å². The molecule has 1 unspecified atom stereocenters. The Hall–Kier alpha value is -2.97. The summed E-state index contributed by atoms with van der Waals surface area (Å²) in [7, 11) is 0. The molecule has 9 heteroatoms. The molecule has 2 heterocycles. The Morgan fingerprint density at radius 3 is 2.87 bits per heavy atom. The molecular formula is C14H15N5O4. The number of rotatable bonds is 4. The molecule has 0 saturated carbocycles. The molecule has 120 valence electrons. The second-order valence-corrected chi connectivity index (χ2v) is 5.10. The first kappa shape index (κ1) is 14.9. The van der Waals surface area contributed by atoms with Crippen LogP contribution in [0.3, 0.4) is 0 Å². The van der Waals surface area contributed by atoms with E-state index in [1.54, 1.807) is 12.1 Å². The largest absolute Gasteiger partial charge is 0.444 e. The Kier molecular flexibility index (Phi) is 4.18. The SMILES string of the molecule is O=C(OCc1ccc([N+](=O)[O-])cc1)N1C=NC(C2=NCCN2)C1. The number of amides is 1. The third-order valence-electron chi connectivity index (χ3n) is 3.52. The van der Waals surface area contributed by atoms with Crippen molar-refractivity contribution in [2.24, 2.45) is 9.98 Å². The Morgan fingerprint density at radius 2 is 2.22 bits per heavy atom. The van der Waals surface area contributed by atoms with Crippen molar-refractivity contribution in [3.05, 3.63) is 39.9 Å². The van der Waals surface area contributed by atoms with E-state index in [-0.39, 0.29) is 18.3 Å². The Morgan fingerprint density at radius 1 is 1.43 bits per heavy atom. The van der Waals surface area contributed by atoms with Crippen molar-refractivity contribution < 1.29 is 14.5 Å². The van der Waals surface area contributed by atoms with Crippen LogP contribution in [0.15, 0.2) is 34.3 Å². The summed E-state index contributed by atoms with van der Waals surface area (Å²) in [5.41, 5.74) is 0.679. The van der Waals surface area contributed by atoms with Crippen molar-refractivity contribution in [3.63, 3.8) is 0 Å². The van der Waals surface area contributed by atoms with Crippen molar-refractivity contribution in [2.75, 3.05) is 19.6 Å². The lowest BCUT2D eigenvalue weighted by Gasteiger charge is -2.14. The highest BCUT2D eigenvalue weighted by molar-refractivity contribution is 5.94. The summed E-state index contributed by atoms with van der Waals surface area (Å²) in [5.74, 6) is 0.798. The number of amidine groups is 1. The summed E-state index contributed by atoms with van der Waals surface area (Å²) in [4.78, 5) is 32.0. The summed E-state index contributed by atoms with van der Waals surface area (Å²) in [5, 5.41) is 13.7. The minimum absolute atomic E-state index is 0.000525. The van der Waals surface area contributed by atoms with Crippen LogP contribution in [-0.2, 0) is 11.3 Å². The van der Waals surface area contributed by atoms with Crippen molar-refractivity contribution in [3.8, 4) is 0 Å². The van der Waals surface area contributed by atoms with Crippen molar-refractivity contribution in [1.29, 1.82) is 0 Å². The molecule has 0 saturated heterocycles. The molecule has 1 amide bonds. The maximum atomic E-state index is 12.0. The van der Waals surface area contributed by atoms with Gasteiger partial charge in [-0.3, -0.25) is 25.0 Å². The van der Waals surface area contributed by atoms with Gasteiger partial charge in [-0.25, -0.2) is 4.79 Å².